The second-order valence-electron chi connectivity index (χ2n) is 6.53. The minimum absolute atomic E-state index is 0.251. The van der Waals surface area contributed by atoms with Gasteiger partial charge in [0, 0.05) is 35.4 Å². The Hall–Kier alpha value is -3.64. The minimum Gasteiger partial charge on any atom is -0.350 e. The van der Waals surface area contributed by atoms with E-state index < -0.39 is 11.8 Å². The number of amides is 2. The molecular formula is C23H24N4O2. The molecule has 6 heteroatoms. The van der Waals surface area contributed by atoms with Crippen LogP contribution in [0.3, 0.4) is 0 Å². The van der Waals surface area contributed by atoms with Crippen molar-refractivity contribution in [3.05, 3.63) is 78.1 Å². The van der Waals surface area contributed by atoms with Crippen molar-refractivity contribution in [3.8, 4) is 0 Å². The third-order valence-corrected chi connectivity index (χ3v) is 4.54. The molecule has 29 heavy (non-hydrogen) atoms. The number of nitrogens with zero attached hydrogens (tertiary/aromatic N) is 1. The normalized spacial score (nSPS) is 13.2. The van der Waals surface area contributed by atoms with Crippen LogP contribution in [0.2, 0.25) is 0 Å². The molecule has 1 aliphatic rings. The Bertz CT molecular complexity index is 1120. The van der Waals surface area contributed by atoms with Gasteiger partial charge in [-0.15, -0.1) is 0 Å². The van der Waals surface area contributed by atoms with E-state index in [2.05, 4.69) is 17.2 Å². The maximum absolute atomic E-state index is 12.5. The first-order chi connectivity index (χ1) is 14.0. The molecular weight excluding hydrogens is 364 g/mol. The van der Waals surface area contributed by atoms with Gasteiger partial charge in [-0.25, -0.2) is 0 Å². The molecule has 0 radical (unpaired) electrons. The SMILES string of the molecule is C=Cc1ccccc1NC1=C(c2cn(C)c3ccccc23)C(=O)NC1=O.CCN. The van der Waals surface area contributed by atoms with Gasteiger partial charge in [-0.1, -0.05) is 56.0 Å². The van der Waals surface area contributed by atoms with Gasteiger partial charge in [-0.05, 0) is 24.2 Å². The van der Waals surface area contributed by atoms with Crippen LogP contribution in [0.15, 0.2) is 67.0 Å². The van der Waals surface area contributed by atoms with E-state index in [1.807, 2.05) is 73.3 Å². The number of anilines is 1. The van der Waals surface area contributed by atoms with Crippen LogP contribution in [0.5, 0.6) is 0 Å². The Morgan fingerprint density at radius 2 is 1.76 bits per heavy atom. The van der Waals surface area contributed by atoms with Crippen LogP contribution < -0.4 is 16.4 Å². The molecule has 2 heterocycles. The Balaban J connectivity index is 0.000000755. The number of carbonyl (C=O) groups excluding carboxylic acids is 2. The van der Waals surface area contributed by atoms with Gasteiger partial charge in [-0.3, -0.25) is 14.9 Å². The summed E-state index contributed by atoms with van der Waals surface area (Å²) in [5.41, 5.74) is 8.74. The van der Waals surface area contributed by atoms with Crippen molar-refractivity contribution in [1.29, 1.82) is 0 Å². The van der Waals surface area contributed by atoms with Gasteiger partial charge in [0.05, 0.1) is 5.57 Å². The van der Waals surface area contributed by atoms with Crippen molar-refractivity contribution >= 4 is 40.1 Å². The number of fused-ring (bicyclic) bond motifs is 1. The predicted molar refractivity (Wildman–Crippen MR) is 118 cm³/mol. The van der Waals surface area contributed by atoms with Gasteiger partial charge in [0.1, 0.15) is 5.70 Å². The molecule has 0 spiro atoms. The molecule has 1 aliphatic heterocycles. The summed E-state index contributed by atoms with van der Waals surface area (Å²) in [6.45, 7) is 6.45. The molecule has 0 unspecified atom stereocenters. The predicted octanol–water partition coefficient (Wildman–Crippen LogP) is 3.27. The molecule has 0 saturated carbocycles. The lowest BCUT2D eigenvalue weighted by Gasteiger charge is -2.10. The number of benzene rings is 2. The first-order valence-electron chi connectivity index (χ1n) is 9.34. The summed E-state index contributed by atoms with van der Waals surface area (Å²) in [5, 5.41) is 6.45. The Kier molecular flexibility index (Phi) is 5.95. The monoisotopic (exact) mass is 388 g/mol. The number of nitrogens with one attached hydrogen (secondary N) is 2. The first-order valence-corrected chi connectivity index (χ1v) is 9.34. The van der Waals surface area contributed by atoms with Gasteiger partial charge in [-0.2, -0.15) is 0 Å². The summed E-state index contributed by atoms with van der Waals surface area (Å²) in [6, 6.07) is 15.3. The number of aryl methyl sites for hydroxylation is 1. The molecule has 0 atom stereocenters. The fraction of sp³-hybridized carbons (Fsp3) is 0.130. The van der Waals surface area contributed by atoms with Gasteiger partial charge < -0.3 is 15.6 Å². The van der Waals surface area contributed by atoms with E-state index in [-0.39, 0.29) is 5.70 Å². The van der Waals surface area contributed by atoms with E-state index >= 15 is 0 Å². The molecule has 2 amide bonds. The first kappa shape index (κ1) is 20.1. The Morgan fingerprint density at radius 3 is 2.48 bits per heavy atom. The van der Waals surface area contributed by atoms with Gasteiger partial charge >= 0.3 is 0 Å². The summed E-state index contributed by atoms with van der Waals surface area (Å²) < 4.78 is 1.95. The molecule has 3 aromatic rings. The Morgan fingerprint density at radius 1 is 1.10 bits per heavy atom. The molecule has 0 aliphatic carbocycles. The maximum Gasteiger partial charge on any atom is 0.275 e. The summed E-state index contributed by atoms with van der Waals surface area (Å²) >= 11 is 0. The van der Waals surface area contributed by atoms with Crippen molar-refractivity contribution in [2.75, 3.05) is 11.9 Å². The number of aromatic nitrogens is 1. The maximum atomic E-state index is 12.5. The second-order valence-corrected chi connectivity index (χ2v) is 6.53. The average Bonchev–Trinajstić information content (AvgIpc) is 3.19. The Labute approximate surface area is 169 Å². The highest BCUT2D eigenvalue weighted by atomic mass is 16.2. The van der Waals surface area contributed by atoms with Crippen LogP contribution in [0.1, 0.15) is 18.1 Å². The zero-order valence-corrected chi connectivity index (χ0v) is 16.5. The summed E-state index contributed by atoms with van der Waals surface area (Å²) in [5.74, 6) is -0.832. The van der Waals surface area contributed by atoms with Crippen LogP contribution in [-0.4, -0.2) is 22.9 Å². The van der Waals surface area contributed by atoms with Crippen molar-refractivity contribution < 1.29 is 9.59 Å². The molecule has 148 valence electrons. The zero-order valence-electron chi connectivity index (χ0n) is 16.5. The number of carbonyl (C=O) groups is 2. The molecule has 2 aromatic carbocycles. The minimum atomic E-state index is -0.434. The number of imide groups is 1. The van der Waals surface area contributed by atoms with Crippen molar-refractivity contribution in [2.24, 2.45) is 12.8 Å². The lowest BCUT2D eigenvalue weighted by atomic mass is 10.0. The van der Waals surface area contributed by atoms with Gasteiger partial charge in [0.2, 0.25) is 0 Å². The van der Waals surface area contributed by atoms with Crippen molar-refractivity contribution in [1.82, 2.24) is 9.88 Å². The topological polar surface area (TPSA) is 89.2 Å². The highest BCUT2D eigenvalue weighted by molar-refractivity contribution is 6.38. The van der Waals surface area contributed by atoms with Crippen molar-refractivity contribution in [3.63, 3.8) is 0 Å². The lowest BCUT2D eigenvalue weighted by Crippen LogP contribution is -2.24. The fourth-order valence-corrected chi connectivity index (χ4v) is 3.30. The number of nitrogens with two attached hydrogens (primary N) is 1. The largest absolute Gasteiger partial charge is 0.350 e. The molecule has 4 N–H and O–H groups in total. The third kappa shape index (κ3) is 3.83. The van der Waals surface area contributed by atoms with E-state index in [0.717, 1.165) is 34.3 Å². The van der Waals surface area contributed by atoms with E-state index in [1.165, 1.54) is 0 Å². The number of hydrogen-bond donors (Lipinski definition) is 3. The number of para-hydroxylation sites is 2. The van der Waals surface area contributed by atoms with Crippen molar-refractivity contribution in [2.45, 2.75) is 6.92 Å². The number of hydrogen-bond acceptors (Lipinski definition) is 4. The quantitative estimate of drug-likeness (QED) is 0.599. The molecule has 0 saturated heterocycles. The van der Waals surface area contributed by atoms with E-state index in [1.54, 1.807) is 6.08 Å². The second kappa shape index (κ2) is 8.58. The molecule has 1 aromatic heterocycles. The standard InChI is InChI=1S/C21H17N3O2.C2H7N/c1-3-13-8-4-6-10-16(13)22-19-18(20(25)23-21(19)26)15-12-24(2)17-11-7-5-9-14(15)17;1-2-3/h3-12H,1H2,2H3,(H2,22,23,25,26);2-3H2,1H3. The highest BCUT2D eigenvalue weighted by Crippen LogP contribution is 2.32. The molecule has 0 fully saturated rings. The average molecular weight is 388 g/mol. The van der Waals surface area contributed by atoms with Crippen LogP contribution >= 0.6 is 0 Å². The molecule has 4 rings (SSSR count). The highest BCUT2D eigenvalue weighted by Gasteiger charge is 2.33. The van der Waals surface area contributed by atoms with Crippen LogP contribution in [0.4, 0.5) is 5.69 Å². The molecule has 0 bridgehead atoms. The lowest BCUT2D eigenvalue weighted by molar-refractivity contribution is -0.123. The summed E-state index contributed by atoms with van der Waals surface area (Å²) in [4.78, 5) is 25.0. The smallest absolute Gasteiger partial charge is 0.275 e. The third-order valence-electron chi connectivity index (χ3n) is 4.54. The van der Waals surface area contributed by atoms with E-state index in [9.17, 15) is 9.59 Å². The zero-order chi connectivity index (χ0) is 21.0. The van der Waals surface area contributed by atoms with E-state index in [4.69, 9.17) is 5.73 Å². The molecule has 6 nitrogen and oxygen atoms in total. The van der Waals surface area contributed by atoms with E-state index in [0.29, 0.717) is 5.57 Å². The van der Waals surface area contributed by atoms with Crippen LogP contribution in [0, 0.1) is 0 Å². The van der Waals surface area contributed by atoms with Crippen LogP contribution in [-0.2, 0) is 16.6 Å². The summed E-state index contributed by atoms with van der Waals surface area (Å²) in [7, 11) is 1.92. The van der Waals surface area contributed by atoms with Crippen LogP contribution in [0.25, 0.3) is 22.6 Å². The summed E-state index contributed by atoms with van der Waals surface area (Å²) in [6.07, 6.45) is 3.58. The fourth-order valence-electron chi connectivity index (χ4n) is 3.30. The number of rotatable bonds is 4. The van der Waals surface area contributed by atoms with Gasteiger partial charge in [0.15, 0.2) is 0 Å². The van der Waals surface area contributed by atoms with Gasteiger partial charge in [0.25, 0.3) is 11.8 Å².